The molecule has 2 rings (SSSR count). The maximum Gasteiger partial charge on any atom is 0.263 e. The minimum Gasteiger partial charge on any atom is -0.279 e. The average Bonchev–Trinajstić information content (AvgIpc) is 2.36. The van der Waals surface area contributed by atoms with Crippen LogP contribution in [0.25, 0.3) is 0 Å². The van der Waals surface area contributed by atoms with Gasteiger partial charge in [0, 0.05) is 8.95 Å². The standard InChI is InChI=1S/C14H13Br2NO2S/c1-9-3-4-10(2)13(7-9)17-20(18,19)14-8-11(15)5-6-12(14)16/h3-8,17H,1-2H3. The molecule has 0 unspecified atom stereocenters. The van der Waals surface area contributed by atoms with Gasteiger partial charge in [-0.1, -0.05) is 28.1 Å². The van der Waals surface area contributed by atoms with Crippen molar-refractivity contribution in [3.8, 4) is 0 Å². The van der Waals surface area contributed by atoms with E-state index in [1.165, 1.54) is 0 Å². The normalized spacial score (nSPS) is 11.4. The molecule has 0 saturated heterocycles. The van der Waals surface area contributed by atoms with Crippen molar-refractivity contribution in [2.75, 3.05) is 4.72 Å². The molecule has 0 heterocycles. The van der Waals surface area contributed by atoms with Gasteiger partial charge in [-0.3, -0.25) is 4.72 Å². The van der Waals surface area contributed by atoms with E-state index < -0.39 is 10.0 Å². The lowest BCUT2D eigenvalue weighted by Crippen LogP contribution is -2.14. The summed E-state index contributed by atoms with van der Waals surface area (Å²) >= 11 is 6.56. The maximum absolute atomic E-state index is 12.5. The van der Waals surface area contributed by atoms with E-state index in [4.69, 9.17) is 0 Å². The monoisotopic (exact) mass is 417 g/mol. The first-order valence-corrected chi connectivity index (χ1v) is 8.91. The molecule has 20 heavy (non-hydrogen) atoms. The molecule has 0 aromatic heterocycles. The van der Waals surface area contributed by atoms with Crippen LogP contribution < -0.4 is 4.72 Å². The van der Waals surface area contributed by atoms with Crippen LogP contribution in [0, 0.1) is 13.8 Å². The van der Waals surface area contributed by atoms with Crippen molar-refractivity contribution >= 4 is 47.6 Å². The topological polar surface area (TPSA) is 46.2 Å². The number of sulfonamides is 1. The lowest BCUT2D eigenvalue weighted by molar-refractivity contribution is 0.600. The van der Waals surface area contributed by atoms with Crippen molar-refractivity contribution in [3.05, 3.63) is 56.5 Å². The summed E-state index contributed by atoms with van der Waals surface area (Å²) in [5.74, 6) is 0. The smallest absolute Gasteiger partial charge is 0.263 e. The highest BCUT2D eigenvalue weighted by Gasteiger charge is 2.19. The molecule has 0 saturated carbocycles. The zero-order valence-corrected chi connectivity index (χ0v) is 14.9. The average molecular weight is 419 g/mol. The first-order valence-electron chi connectivity index (χ1n) is 5.85. The van der Waals surface area contributed by atoms with Crippen LogP contribution in [0.5, 0.6) is 0 Å². The number of nitrogens with one attached hydrogen (secondary N) is 1. The summed E-state index contributed by atoms with van der Waals surface area (Å²) in [7, 11) is -3.63. The van der Waals surface area contributed by atoms with Gasteiger partial charge in [0.15, 0.2) is 0 Å². The fraction of sp³-hybridized carbons (Fsp3) is 0.143. The molecule has 0 aliphatic carbocycles. The van der Waals surface area contributed by atoms with Gasteiger partial charge in [-0.05, 0) is 65.2 Å². The van der Waals surface area contributed by atoms with Gasteiger partial charge in [0.05, 0.1) is 5.69 Å². The number of rotatable bonds is 3. The second-order valence-corrected chi connectivity index (χ2v) is 7.92. The summed E-state index contributed by atoms with van der Waals surface area (Å²) in [6.45, 7) is 3.79. The zero-order chi connectivity index (χ0) is 14.9. The summed E-state index contributed by atoms with van der Waals surface area (Å²) in [5.41, 5.74) is 2.48. The number of hydrogen-bond acceptors (Lipinski definition) is 2. The van der Waals surface area contributed by atoms with Crippen molar-refractivity contribution in [3.63, 3.8) is 0 Å². The summed E-state index contributed by atoms with van der Waals surface area (Å²) < 4.78 is 28.8. The zero-order valence-electron chi connectivity index (χ0n) is 10.9. The number of benzene rings is 2. The molecule has 1 N–H and O–H groups in total. The van der Waals surface area contributed by atoms with E-state index in [2.05, 4.69) is 36.6 Å². The lowest BCUT2D eigenvalue weighted by Gasteiger charge is -2.12. The largest absolute Gasteiger partial charge is 0.279 e. The van der Waals surface area contributed by atoms with Gasteiger partial charge in [-0.25, -0.2) is 8.42 Å². The Morgan fingerprint density at radius 2 is 1.70 bits per heavy atom. The molecule has 2 aromatic carbocycles. The Kier molecular flexibility index (Phi) is 4.56. The fourth-order valence-electron chi connectivity index (χ4n) is 1.73. The Morgan fingerprint density at radius 1 is 1.00 bits per heavy atom. The van der Waals surface area contributed by atoms with Crippen molar-refractivity contribution < 1.29 is 8.42 Å². The minimum atomic E-state index is -3.63. The van der Waals surface area contributed by atoms with Gasteiger partial charge in [-0.2, -0.15) is 0 Å². The van der Waals surface area contributed by atoms with E-state index in [0.29, 0.717) is 14.6 Å². The molecule has 106 valence electrons. The van der Waals surface area contributed by atoms with E-state index in [9.17, 15) is 8.42 Å². The van der Waals surface area contributed by atoms with Crippen molar-refractivity contribution in [2.24, 2.45) is 0 Å². The van der Waals surface area contributed by atoms with Gasteiger partial charge in [0.2, 0.25) is 0 Å². The van der Waals surface area contributed by atoms with Crippen LogP contribution in [0.4, 0.5) is 5.69 Å². The molecular formula is C14H13Br2NO2S. The maximum atomic E-state index is 12.5. The highest BCUT2D eigenvalue weighted by Crippen LogP contribution is 2.28. The van der Waals surface area contributed by atoms with Crippen LogP contribution in [0.3, 0.4) is 0 Å². The van der Waals surface area contributed by atoms with Crippen LogP contribution in [0.15, 0.2) is 50.2 Å². The number of aryl methyl sites for hydroxylation is 2. The molecule has 0 radical (unpaired) electrons. The molecule has 6 heteroatoms. The Bertz CT molecular complexity index is 758. The summed E-state index contributed by atoms with van der Waals surface area (Å²) in [5, 5.41) is 0. The van der Waals surface area contributed by atoms with Crippen LogP contribution in [0.1, 0.15) is 11.1 Å². The first-order chi connectivity index (χ1) is 9.29. The molecule has 0 aliphatic rings. The van der Waals surface area contributed by atoms with E-state index in [1.807, 2.05) is 32.0 Å². The van der Waals surface area contributed by atoms with Crippen LogP contribution in [-0.2, 0) is 10.0 Å². The second-order valence-electron chi connectivity index (χ2n) is 4.50. The Balaban J connectivity index is 2.46. The third kappa shape index (κ3) is 3.42. The van der Waals surface area contributed by atoms with Crippen molar-refractivity contribution in [1.29, 1.82) is 0 Å². The first kappa shape index (κ1) is 15.5. The highest BCUT2D eigenvalue weighted by molar-refractivity contribution is 9.11. The molecule has 0 aliphatic heterocycles. The summed E-state index contributed by atoms with van der Waals surface area (Å²) in [6, 6.07) is 10.7. The van der Waals surface area contributed by atoms with Gasteiger partial charge in [0.25, 0.3) is 10.0 Å². The number of halogens is 2. The molecule has 0 amide bonds. The van der Waals surface area contributed by atoms with Crippen LogP contribution in [-0.4, -0.2) is 8.42 Å². The van der Waals surface area contributed by atoms with Crippen molar-refractivity contribution in [1.82, 2.24) is 0 Å². The molecule has 0 bridgehead atoms. The van der Waals surface area contributed by atoms with E-state index >= 15 is 0 Å². The van der Waals surface area contributed by atoms with Gasteiger partial charge in [-0.15, -0.1) is 0 Å². The SMILES string of the molecule is Cc1ccc(C)c(NS(=O)(=O)c2cc(Br)ccc2Br)c1. The quantitative estimate of drug-likeness (QED) is 0.789. The lowest BCUT2D eigenvalue weighted by atomic mass is 10.1. The van der Waals surface area contributed by atoms with Gasteiger partial charge >= 0.3 is 0 Å². The predicted molar refractivity (Wildman–Crippen MR) is 88.6 cm³/mol. The molecule has 2 aromatic rings. The van der Waals surface area contributed by atoms with Crippen LogP contribution in [0.2, 0.25) is 0 Å². The summed E-state index contributed by atoms with van der Waals surface area (Å²) in [4.78, 5) is 0.202. The van der Waals surface area contributed by atoms with Gasteiger partial charge < -0.3 is 0 Å². The third-order valence-electron chi connectivity index (χ3n) is 2.82. The molecule has 0 atom stereocenters. The Labute approximate surface area is 135 Å². The molecule has 0 fully saturated rings. The highest BCUT2D eigenvalue weighted by atomic mass is 79.9. The van der Waals surface area contributed by atoms with E-state index in [-0.39, 0.29) is 4.90 Å². The fourth-order valence-corrected chi connectivity index (χ4v) is 4.35. The van der Waals surface area contributed by atoms with Crippen molar-refractivity contribution in [2.45, 2.75) is 18.7 Å². The molecule has 3 nitrogen and oxygen atoms in total. The summed E-state index contributed by atoms with van der Waals surface area (Å²) in [6.07, 6.45) is 0. The number of hydrogen-bond donors (Lipinski definition) is 1. The van der Waals surface area contributed by atoms with Crippen LogP contribution >= 0.6 is 31.9 Å². The van der Waals surface area contributed by atoms with E-state index in [1.54, 1.807) is 18.2 Å². The van der Waals surface area contributed by atoms with E-state index in [0.717, 1.165) is 11.1 Å². The second kappa shape index (κ2) is 5.87. The molecular weight excluding hydrogens is 406 g/mol. The predicted octanol–water partition coefficient (Wildman–Crippen LogP) is 4.63. The Hall–Kier alpha value is -0.850. The Morgan fingerprint density at radius 3 is 2.40 bits per heavy atom. The van der Waals surface area contributed by atoms with Gasteiger partial charge in [0.1, 0.15) is 4.90 Å². The minimum absolute atomic E-state index is 0.202. The molecule has 0 spiro atoms. The third-order valence-corrected chi connectivity index (χ3v) is 5.67. The number of anilines is 1.